The largest absolute Gasteiger partial charge is 0.462 e. The maximum Gasteiger partial charge on any atom is 0.462 e. The third-order valence-corrected chi connectivity index (χ3v) is 1.16. The summed E-state index contributed by atoms with van der Waals surface area (Å²) in [7, 11) is 0. The quantitative estimate of drug-likeness (QED) is 0.672. The van der Waals surface area contributed by atoms with Crippen molar-refractivity contribution in [2.45, 2.75) is 44.6 Å². The molecule has 15 heavy (non-hydrogen) atoms. The molecule has 0 aliphatic heterocycles. The van der Waals surface area contributed by atoms with Gasteiger partial charge in [-0.05, 0) is 20.8 Å². The lowest BCUT2D eigenvalue weighted by atomic mass is 10.2. The molecule has 0 atom stereocenters. The highest BCUT2D eigenvalue weighted by Crippen LogP contribution is 2.48. The molecule has 0 unspecified atom stereocenters. The lowest BCUT2D eigenvalue weighted by Gasteiger charge is -2.32. The third-order valence-electron chi connectivity index (χ3n) is 1.16. The Bertz CT molecular complexity index is 224. The van der Waals surface area contributed by atoms with E-state index in [4.69, 9.17) is 0 Å². The fourth-order valence-corrected chi connectivity index (χ4v) is 0.614. The van der Waals surface area contributed by atoms with E-state index < -0.39 is 23.8 Å². The number of ether oxygens (including phenoxy) is 1. The molecule has 0 aromatic rings. The second-order valence-electron chi connectivity index (χ2n) is 3.80. The third kappa shape index (κ3) is 3.22. The molecule has 1 nitrogen and oxygen atoms in total. The summed E-state index contributed by atoms with van der Waals surface area (Å²) in [5.74, 6) is -6.22. The SMILES string of the molecule is CC(C)(C)OC(F)(F)C(F)(F)C(F)(F)F. The Kier molecular flexibility index (Phi) is 3.37. The second kappa shape index (κ2) is 3.50. The van der Waals surface area contributed by atoms with Gasteiger partial charge in [-0.1, -0.05) is 0 Å². The van der Waals surface area contributed by atoms with Crippen molar-refractivity contribution < 1.29 is 35.5 Å². The second-order valence-corrected chi connectivity index (χ2v) is 3.80. The molecule has 0 aliphatic rings. The van der Waals surface area contributed by atoms with Gasteiger partial charge in [0.1, 0.15) is 0 Å². The molecule has 0 N–H and O–H groups in total. The van der Waals surface area contributed by atoms with E-state index in [2.05, 4.69) is 4.74 Å². The minimum absolute atomic E-state index is 0.938. The van der Waals surface area contributed by atoms with Crippen molar-refractivity contribution in [3.05, 3.63) is 0 Å². The van der Waals surface area contributed by atoms with E-state index in [9.17, 15) is 30.7 Å². The molecule has 92 valence electrons. The smallest absolute Gasteiger partial charge is 0.310 e. The average molecular weight is 242 g/mol. The van der Waals surface area contributed by atoms with Crippen molar-refractivity contribution >= 4 is 0 Å². The first-order valence-electron chi connectivity index (χ1n) is 3.73. The van der Waals surface area contributed by atoms with E-state index in [1.165, 1.54) is 0 Å². The molecule has 0 saturated carbocycles. The van der Waals surface area contributed by atoms with Gasteiger partial charge in [0.15, 0.2) is 0 Å². The van der Waals surface area contributed by atoms with E-state index in [1.54, 1.807) is 0 Å². The van der Waals surface area contributed by atoms with Gasteiger partial charge < -0.3 is 4.74 Å². The summed E-state index contributed by atoms with van der Waals surface area (Å²) in [6.07, 6.45) is -12.0. The predicted octanol–water partition coefficient (Wildman–Crippen LogP) is 3.59. The first-order chi connectivity index (χ1) is 6.21. The van der Waals surface area contributed by atoms with Crippen LogP contribution in [-0.2, 0) is 4.74 Å². The zero-order chi connectivity index (χ0) is 12.7. The van der Waals surface area contributed by atoms with Crippen LogP contribution < -0.4 is 0 Å². The molecule has 0 aromatic heterocycles. The summed E-state index contributed by atoms with van der Waals surface area (Å²) in [6, 6.07) is 0. The normalized spacial score (nSPS) is 15.6. The number of halogens is 7. The zero-order valence-corrected chi connectivity index (χ0v) is 8.05. The molecule has 0 aromatic carbocycles. The lowest BCUT2D eigenvalue weighted by Crippen LogP contribution is -2.55. The molecule has 0 saturated heterocycles. The molecule has 0 heterocycles. The van der Waals surface area contributed by atoms with E-state index in [-0.39, 0.29) is 0 Å². The number of hydrogen-bond donors (Lipinski definition) is 0. The first kappa shape index (κ1) is 14.5. The van der Waals surface area contributed by atoms with Crippen LogP contribution in [0, 0.1) is 0 Å². The average Bonchev–Trinajstić information content (AvgIpc) is 1.77. The molecule has 8 heteroatoms. The summed E-state index contributed by atoms with van der Waals surface area (Å²) < 4.78 is 87.7. The summed E-state index contributed by atoms with van der Waals surface area (Å²) in [4.78, 5) is 0. The van der Waals surface area contributed by atoms with Crippen LogP contribution >= 0.6 is 0 Å². The van der Waals surface area contributed by atoms with Crippen LogP contribution in [0.2, 0.25) is 0 Å². The number of hydrogen-bond acceptors (Lipinski definition) is 1. The van der Waals surface area contributed by atoms with Crippen LogP contribution in [0.25, 0.3) is 0 Å². The van der Waals surface area contributed by atoms with E-state index >= 15 is 0 Å². The molecule has 0 bridgehead atoms. The Balaban J connectivity index is 5.03. The fraction of sp³-hybridized carbons (Fsp3) is 1.00. The highest BCUT2D eigenvalue weighted by Gasteiger charge is 2.75. The van der Waals surface area contributed by atoms with Crippen LogP contribution in [0.15, 0.2) is 0 Å². The van der Waals surface area contributed by atoms with Gasteiger partial charge in [0.05, 0.1) is 5.60 Å². The standard InChI is InChI=1S/C7H9F7O/c1-4(2,3)15-7(13,14)5(8,9)6(10,11)12/h1-3H3. The van der Waals surface area contributed by atoms with Gasteiger partial charge in [0.2, 0.25) is 0 Å². The van der Waals surface area contributed by atoms with Crippen molar-refractivity contribution in [1.82, 2.24) is 0 Å². The van der Waals surface area contributed by atoms with Crippen molar-refractivity contribution in [2.24, 2.45) is 0 Å². The molecule has 0 radical (unpaired) electrons. The van der Waals surface area contributed by atoms with Crippen molar-refractivity contribution in [3.63, 3.8) is 0 Å². The van der Waals surface area contributed by atoms with Gasteiger partial charge in [-0.2, -0.15) is 30.7 Å². The fourth-order valence-electron chi connectivity index (χ4n) is 0.614. The number of alkyl halides is 7. The van der Waals surface area contributed by atoms with E-state index in [0.717, 1.165) is 20.8 Å². The Morgan fingerprint density at radius 2 is 1.07 bits per heavy atom. The summed E-state index contributed by atoms with van der Waals surface area (Å²) in [6.45, 7) is 2.81. The molecule has 0 rings (SSSR count). The maximum atomic E-state index is 12.5. The highest BCUT2D eigenvalue weighted by molar-refractivity contribution is 4.86. The van der Waals surface area contributed by atoms with Crippen molar-refractivity contribution in [1.29, 1.82) is 0 Å². The number of rotatable bonds is 2. The lowest BCUT2D eigenvalue weighted by molar-refractivity contribution is -0.438. The summed E-state index contributed by atoms with van der Waals surface area (Å²) >= 11 is 0. The first-order valence-corrected chi connectivity index (χ1v) is 3.73. The summed E-state index contributed by atoms with van der Waals surface area (Å²) in [5, 5.41) is 0. The molecule has 0 amide bonds. The molecule has 0 aliphatic carbocycles. The van der Waals surface area contributed by atoms with Gasteiger partial charge in [-0.15, -0.1) is 0 Å². The monoisotopic (exact) mass is 242 g/mol. The molecular formula is C7H9F7O. The van der Waals surface area contributed by atoms with Gasteiger partial charge in [-0.3, -0.25) is 0 Å². The molecule has 0 fully saturated rings. The van der Waals surface area contributed by atoms with Gasteiger partial charge in [-0.25, -0.2) is 0 Å². The Hall–Kier alpha value is -0.530. The van der Waals surface area contributed by atoms with E-state index in [1.807, 2.05) is 0 Å². The minimum Gasteiger partial charge on any atom is -0.310 e. The Morgan fingerprint density at radius 1 is 0.733 bits per heavy atom. The van der Waals surface area contributed by atoms with Crippen LogP contribution in [-0.4, -0.2) is 23.8 Å². The van der Waals surface area contributed by atoms with Gasteiger partial charge >= 0.3 is 18.2 Å². The zero-order valence-electron chi connectivity index (χ0n) is 8.05. The van der Waals surface area contributed by atoms with Crippen LogP contribution in [0.3, 0.4) is 0 Å². The van der Waals surface area contributed by atoms with Crippen molar-refractivity contribution in [3.8, 4) is 0 Å². The topological polar surface area (TPSA) is 9.23 Å². The molecular weight excluding hydrogens is 233 g/mol. The highest BCUT2D eigenvalue weighted by atomic mass is 19.4. The minimum atomic E-state index is -6.36. The van der Waals surface area contributed by atoms with Crippen LogP contribution in [0.4, 0.5) is 30.7 Å². The van der Waals surface area contributed by atoms with Gasteiger partial charge in [0, 0.05) is 0 Å². The van der Waals surface area contributed by atoms with Crippen LogP contribution in [0.5, 0.6) is 0 Å². The molecule has 0 spiro atoms. The Labute approximate surface area is 81.2 Å². The van der Waals surface area contributed by atoms with E-state index in [0.29, 0.717) is 0 Å². The Morgan fingerprint density at radius 3 is 1.27 bits per heavy atom. The van der Waals surface area contributed by atoms with Crippen LogP contribution in [0.1, 0.15) is 20.8 Å². The maximum absolute atomic E-state index is 12.5. The van der Waals surface area contributed by atoms with Gasteiger partial charge in [0.25, 0.3) is 0 Å². The predicted molar refractivity (Wildman–Crippen MR) is 36.8 cm³/mol. The van der Waals surface area contributed by atoms with Crippen molar-refractivity contribution in [2.75, 3.05) is 0 Å². The summed E-state index contributed by atoms with van der Waals surface area (Å²) in [5.41, 5.74) is -1.82.